The van der Waals surface area contributed by atoms with Crippen molar-refractivity contribution in [3.63, 3.8) is 0 Å². The third-order valence-electron chi connectivity index (χ3n) is 1.61. The van der Waals surface area contributed by atoms with Crippen molar-refractivity contribution in [2.45, 2.75) is 39.7 Å². The summed E-state index contributed by atoms with van der Waals surface area (Å²) in [7, 11) is 0. The van der Waals surface area contributed by atoms with E-state index in [1.54, 1.807) is 13.0 Å². The maximum Gasteiger partial charge on any atom is 0.312 e. The number of aromatic nitrogens is 2. The quantitative estimate of drug-likeness (QED) is 0.590. The highest BCUT2D eigenvalue weighted by molar-refractivity contribution is 6.29. The molecule has 4 nitrogen and oxygen atoms in total. The Morgan fingerprint density at radius 2 is 2.06 bits per heavy atom. The predicted octanol–water partition coefficient (Wildman–Crippen LogP) is 2.32. The first-order valence-electron chi connectivity index (χ1n) is 4.98. The number of carbonyl (C=O) groups excluding carboxylic acids is 1. The van der Waals surface area contributed by atoms with Crippen LogP contribution in [0.15, 0.2) is 6.07 Å². The summed E-state index contributed by atoms with van der Waals surface area (Å²) in [5.41, 5.74) is 0.0925. The summed E-state index contributed by atoms with van der Waals surface area (Å²) < 4.78 is 5.18. The Labute approximate surface area is 100 Å². The summed E-state index contributed by atoms with van der Waals surface area (Å²) in [6, 6.07) is 1.57. The fourth-order valence-electron chi connectivity index (χ4n) is 1.21. The Morgan fingerprint density at radius 1 is 1.44 bits per heavy atom. The standard InChI is InChI=1S/C11H15ClN2O2/c1-7-13-8(5-9(12)14-7)6-10(15)16-11(2,3)4/h5H,6H2,1-4H3. The molecule has 5 heteroatoms. The molecule has 0 atom stereocenters. The Bertz CT molecular complexity index is 379. The minimum Gasteiger partial charge on any atom is -0.460 e. The summed E-state index contributed by atoms with van der Waals surface area (Å²) in [6.45, 7) is 7.19. The molecular formula is C11H15ClN2O2. The van der Waals surface area contributed by atoms with Crippen molar-refractivity contribution in [1.29, 1.82) is 0 Å². The van der Waals surface area contributed by atoms with E-state index in [1.165, 1.54) is 0 Å². The zero-order chi connectivity index (χ0) is 12.3. The minimum atomic E-state index is -0.483. The van der Waals surface area contributed by atoms with Crippen LogP contribution in [0.3, 0.4) is 0 Å². The first-order valence-corrected chi connectivity index (χ1v) is 5.36. The molecule has 0 aliphatic rings. The largest absolute Gasteiger partial charge is 0.460 e. The molecular weight excluding hydrogens is 228 g/mol. The maximum atomic E-state index is 11.5. The molecule has 0 aromatic carbocycles. The van der Waals surface area contributed by atoms with Crippen LogP contribution >= 0.6 is 11.6 Å². The SMILES string of the molecule is Cc1nc(Cl)cc(CC(=O)OC(C)(C)C)n1. The van der Waals surface area contributed by atoms with Gasteiger partial charge in [-0.3, -0.25) is 4.79 Å². The fourth-order valence-corrected chi connectivity index (χ4v) is 1.45. The second-order valence-corrected chi connectivity index (χ2v) is 4.88. The summed E-state index contributed by atoms with van der Waals surface area (Å²) in [4.78, 5) is 19.6. The summed E-state index contributed by atoms with van der Waals surface area (Å²) in [6.07, 6.45) is 0.111. The normalized spacial score (nSPS) is 11.3. The number of hydrogen-bond donors (Lipinski definition) is 0. The molecule has 0 N–H and O–H groups in total. The van der Waals surface area contributed by atoms with E-state index >= 15 is 0 Å². The topological polar surface area (TPSA) is 52.1 Å². The van der Waals surface area contributed by atoms with Crippen LogP contribution in [0.4, 0.5) is 0 Å². The molecule has 0 bridgehead atoms. The van der Waals surface area contributed by atoms with Crippen LogP contribution < -0.4 is 0 Å². The molecule has 0 aliphatic carbocycles. The van der Waals surface area contributed by atoms with E-state index in [1.807, 2.05) is 20.8 Å². The molecule has 88 valence electrons. The van der Waals surface area contributed by atoms with Gasteiger partial charge in [-0.05, 0) is 33.8 Å². The highest BCUT2D eigenvalue weighted by Crippen LogP contribution is 2.11. The number of carbonyl (C=O) groups is 1. The van der Waals surface area contributed by atoms with Crippen LogP contribution in [0.25, 0.3) is 0 Å². The number of nitrogens with zero attached hydrogens (tertiary/aromatic N) is 2. The molecule has 0 aliphatic heterocycles. The molecule has 0 fully saturated rings. The maximum absolute atomic E-state index is 11.5. The van der Waals surface area contributed by atoms with Crippen molar-refractivity contribution < 1.29 is 9.53 Å². The Morgan fingerprint density at radius 3 is 2.56 bits per heavy atom. The van der Waals surface area contributed by atoms with Gasteiger partial charge in [-0.25, -0.2) is 9.97 Å². The predicted molar refractivity (Wildman–Crippen MR) is 61.3 cm³/mol. The molecule has 0 unspecified atom stereocenters. The highest BCUT2D eigenvalue weighted by Gasteiger charge is 2.17. The van der Waals surface area contributed by atoms with Crippen LogP contribution in [-0.4, -0.2) is 21.5 Å². The fraction of sp³-hybridized carbons (Fsp3) is 0.545. The van der Waals surface area contributed by atoms with E-state index in [0.29, 0.717) is 16.7 Å². The van der Waals surface area contributed by atoms with Crippen LogP contribution in [0.1, 0.15) is 32.3 Å². The molecule has 0 saturated heterocycles. The molecule has 0 amide bonds. The van der Waals surface area contributed by atoms with E-state index in [4.69, 9.17) is 16.3 Å². The average molecular weight is 243 g/mol. The highest BCUT2D eigenvalue weighted by atomic mass is 35.5. The van der Waals surface area contributed by atoms with Gasteiger partial charge < -0.3 is 4.74 Å². The molecule has 1 rings (SSSR count). The van der Waals surface area contributed by atoms with Gasteiger partial charge in [0.2, 0.25) is 0 Å². The smallest absolute Gasteiger partial charge is 0.312 e. The van der Waals surface area contributed by atoms with Gasteiger partial charge in [0.1, 0.15) is 16.6 Å². The molecule has 16 heavy (non-hydrogen) atoms. The van der Waals surface area contributed by atoms with E-state index in [9.17, 15) is 4.79 Å². The second kappa shape index (κ2) is 4.78. The monoisotopic (exact) mass is 242 g/mol. The van der Waals surface area contributed by atoms with Gasteiger partial charge >= 0.3 is 5.97 Å². The zero-order valence-electron chi connectivity index (χ0n) is 9.87. The molecule has 0 radical (unpaired) electrons. The van der Waals surface area contributed by atoms with E-state index in [2.05, 4.69) is 9.97 Å². The third-order valence-corrected chi connectivity index (χ3v) is 1.80. The van der Waals surface area contributed by atoms with Crippen molar-refractivity contribution in [1.82, 2.24) is 9.97 Å². The summed E-state index contributed by atoms with van der Waals surface area (Å²) in [5.74, 6) is 0.229. The van der Waals surface area contributed by atoms with Gasteiger partial charge in [0.05, 0.1) is 12.1 Å². The van der Waals surface area contributed by atoms with Crippen molar-refractivity contribution in [2.24, 2.45) is 0 Å². The van der Waals surface area contributed by atoms with Crippen molar-refractivity contribution >= 4 is 17.6 Å². The van der Waals surface area contributed by atoms with Gasteiger partial charge in [0.15, 0.2) is 0 Å². The average Bonchev–Trinajstić information content (AvgIpc) is 1.96. The summed E-state index contributed by atoms with van der Waals surface area (Å²) >= 11 is 5.76. The van der Waals surface area contributed by atoms with E-state index in [-0.39, 0.29) is 12.4 Å². The van der Waals surface area contributed by atoms with Crippen molar-refractivity contribution in [3.05, 3.63) is 22.7 Å². The van der Waals surface area contributed by atoms with Gasteiger partial charge in [0, 0.05) is 0 Å². The second-order valence-electron chi connectivity index (χ2n) is 4.49. The zero-order valence-corrected chi connectivity index (χ0v) is 10.6. The third kappa shape index (κ3) is 4.57. The first-order chi connectivity index (χ1) is 7.26. The summed E-state index contributed by atoms with van der Waals surface area (Å²) in [5, 5.41) is 0.339. The van der Waals surface area contributed by atoms with Crippen LogP contribution in [0, 0.1) is 6.92 Å². The molecule has 1 aromatic rings. The van der Waals surface area contributed by atoms with Crippen LogP contribution in [0.5, 0.6) is 0 Å². The van der Waals surface area contributed by atoms with Gasteiger partial charge in [-0.1, -0.05) is 11.6 Å². The Hall–Kier alpha value is -1.16. The lowest BCUT2D eigenvalue weighted by atomic mass is 10.2. The van der Waals surface area contributed by atoms with E-state index in [0.717, 1.165) is 0 Å². The van der Waals surface area contributed by atoms with Gasteiger partial charge in [-0.2, -0.15) is 0 Å². The Kier molecular flexibility index (Phi) is 3.86. The number of ether oxygens (including phenoxy) is 1. The number of aryl methyl sites for hydroxylation is 1. The van der Waals surface area contributed by atoms with Crippen molar-refractivity contribution in [3.8, 4) is 0 Å². The Balaban J connectivity index is 2.70. The molecule has 0 spiro atoms. The molecule has 0 saturated carbocycles. The number of esters is 1. The first kappa shape index (κ1) is 12.9. The minimum absolute atomic E-state index is 0.111. The number of rotatable bonds is 2. The van der Waals surface area contributed by atoms with Crippen LogP contribution in [0.2, 0.25) is 5.15 Å². The van der Waals surface area contributed by atoms with Crippen LogP contribution in [-0.2, 0) is 16.0 Å². The lowest BCUT2D eigenvalue weighted by molar-refractivity contribution is -0.153. The molecule has 1 heterocycles. The lowest BCUT2D eigenvalue weighted by Crippen LogP contribution is -2.25. The molecule has 1 aromatic heterocycles. The number of halogens is 1. The lowest BCUT2D eigenvalue weighted by Gasteiger charge is -2.19. The number of hydrogen-bond acceptors (Lipinski definition) is 4. The van der Waals surface area contributed by atoms with Gasteiger partial charge in [0.25, 0.3) is 0 Å². The van der Waals surface area contributed by atoms with E-state index < -0.39 is 5.60 Å². The van der Waals surface area contributed by atoms with Gasteiger partial charge in [-0.15, -0.1) is 0 Å². The van der Waals surface area contributed by atoms with Crippen molar-refractivity contribution in [2.75, 3.05) is 0 Å².